The fraction of sp³-hybridized carbons (Fsp3) is 1.00. The standard InChI is InChI=1S/C10H18/c1-2-8-3-4-9-5-6-10(9)7-8/h8-10H,2-7H2,1H3/t8?,9-,10?/m1/s1. The molecule has 2 fully saturated rings. The molecule has 0 aromatic heterocycles. The summed E-state index contributed by atoms with van der Waals surface area (Å²) in [4.78, 5) is 0. The van der Waals surface area contributed by atoms with E-state index in [4.69, 9.17) is 0 Å². The molecule has 0 nitrogen and oxygen atoms in total. The first-order chi connectivity index (χ1) is 4.90. The van der Waals surface area contributed by atoms with Crippen LogP contribution in [0.4, 0.5) is 0 Å². The van der Waals surface area contributed by atoms with Gasteiger partial charge in [0.2, 0.25) is 0 Å². The van der Waals surface area contributed by atoms with Crippen LogP contribution in [0.25, 0.3) is 0 Å². The Hall–Kier alpha value is 0. The van der Waals surface area contributed by atoms with Crippen molar-refractivity contribution in [2.75, 3.05) is 0 Å². The van der Waals surface area contributed by atoms with E-state index >= 15 is 0 Å². The van der Waals surface area contributed by atoms with Gasteiger partial charge in [-0.3, -0.25) is 0 Å². The Morgan fingerprint density at radius 3 is 2.20 bits per heavy atom. The molecular weight excluding hydrogens is 120 g/mol. The molecule has 3 atom stereocenters. The van der Waals surface area contributed by atoms with Crippen molar-refractivity contribution in [1.82, 2.24) is 0 Å². The predicted molar refractivity (Wildman–Crippen MR) is 43.8 cm³/mol. The lowest BCUT2D eigenvalue weighted by Gasteiger charge is -2.43. The van der Waals surface area contributed by atoms with Crippen LogP contribution >= 0.6 is 0 Å². The third-order valence-corrected chi connectivity index (χ3v) is 3.73. The van der Waals surface area contributed by atoms with Gasteiger partial charge in [0.1, 0.15) is 0 Å². The molecule has 0 aliphatic heterocycles. The summed E-state index contributed by atoms with van der Waals surface area (Å²) in [5.74, 6) is 3.43. The molecule has 0 N–H and O–H groups in total. The number of fused-ring (bicyclic) bond motifs is 1. The minimum Gasteiger partial charge on any atom is -0.0651 e. The molecule has 0 heterocycles. The summed E-state index contributed by atoms with van der Waals surface area (Å²) in [6.07, 6.45) is 9.22. The molecule has 0 heteroatoms. The van der Waals surface area contributed by atoms with Crippen LogP contribution in [-0.2, 0) is 0 Å². The maximum Gasteiger partial charge on any atom is -0.0383 e. The number of hydrogen-bond acceptors (Lipinski definition) is 0. The third-order valence-electron chi connectivity index (χ3n) is 3.73. The summed E-state index contributed by atoms with van der Waals surface area (Å²) in [6, 6.07) is 0. The number of rotatable bonds is 1. The fourth-order valence-corrected chi connectivity index (χ4v) is 2.69. The second-order valence-corrected chi connectivity index (χ2v) is 4.18. The highest BCUT2D eigenvalue weighted by Crippen LogP contribution is 2.47. The van der Waals surface area contributed by atoms with Crippen molar-refractivity contribution in [3.8, 4) is 0 Å². The van der Waals surface area contributed by atoms with Gasteiger partial charge in [0.15, 0.2) is 0 Å². The van der Waals surface area contributed by atoms with E-state index in [9.17, 15) is 0 Å². The summed E-state index contributed by atoms with van der Waals surface area (Å²) < 4.78 is 0. The SMILES string of the molecule is CCC1CC[C@@H]2CCC2C1. The Labute approximate surface area is 64.0 Å². The van der Waals surface area contributed by atoms with E-state index in [2.05, 4.69) is 6.92 Å². The maximum absolute atomic E-state index is 2.35. The van der Waals surface area contributed by atoms with Gasteiger partial charge in [-0.1, -0.05) is 19.8 Å². The quantitative estimate of drug-likeness (QED) is 0.522. The highest BCUT2D eigenvalue weighted by molar-refractivity contribution is 4.86. The van der Waals surface area contributed by atoms with Crippen LogP contribution in [0, 0.1) is 17.8 Å². The zero-order chi connectivity index (χ0) is 6.97. The van der Waals surface area contributed by atoms with E-state index in [-0.39, 0.29) is 0 Å². The summed E-state index contributed by atoms with van der Waals surface area (Å²) in [5.41, 5.74) is 0. The highest BCUT2D eigenvalue weighted by Gasteiger charge is 2.35. The zero-order valence-electron chi connectivity index (χ0n) is 6.97. The molecule has 0 aromatic rings. The van der Waals surface area contributed by atoms with E-state index in [1.807, 2.05) is 0 Å². The summed E-state index contributed by atoms with van der Waals surface area (Å²) >= 11 is 0. The third kappa shape index (κ3) is 0.980. The van der Waals surface area contributed by atoms with E-state index < -0.39 is 0 Å². The minimum atomic E-state index is 1.10. The molecule has 2 unspecified atom stereocenters. The van der Waals surface area contributed by atoms with Crippen LogP contribution in [0.3, 0.4) is 0 Å². The molecule has 2 saturated carbocycles. The largest absolute Gasteiger partial charge is 0.0651 e. The Morgan fingerprint density at radius 1 is 1.00 bits per heavy atom. The second kappa shape index (κ2) is 2.56. The van der Waals surface area contributed by atoms with Crippen LogP contribution < -0.4 is 0 Å². The molecule has 0 bridgehead atoms. The molecule has 0 saturated heterocycles. The van der Waals surface area contributed by atoms with Gasteiger partial charge in [-0.25, -0.2) is 0 Å². The lowest BCUT2D eigenvalue weighted by molar-refractivity contribution is 0.0784. The smallest absolute Gasteiger partial charge is 0.0383 e. The van der Waals surface area contributed by atoms with Gasteiger partial charge in [0, 0.05) is 0 Å². The Kier molecular flexibility index (Phi) is 1.71. The molecule has 2 rings (SSSR count). The lowest BCUT2D eigenvalue weighted by atomic mass is 9.62. The van der Waals surface area contributed by atoms with E-state index in [1.54, 1.807) is 25.7 Å². The molecule has 2 aliphatic carbocycles. The van der Waals surface area contributed by atoms with Gasteiger partial charge in [-0.15, -0.1) is 0 Å². The molecule has 10 heavy (non-hydrogen) atoms. The Morgan fingerprint density at radius 2 is 1.70 bits per heavy atom. The van der Waals surface area contributed by atoms with Gasteiger partial charge in [-0.2, -0.15) is 0 Å². The first-order valence-corrected chi connectivity index (χ1v) is 4.90. The average molecular weight is 138 g/mol. The van der Waals surface area contributed by atoms with Crippen LogP contribution in [0.5, 0.6) is 0 Å². The van der Waals surface area contributed by atoms with Crippen molar-refractivity contribution in [2.24, 2.45) is 17.8 Å². The van der Waals surface area contributed by atoms with Gasteiger partial charge in [-0.05, 0) is 43.4 Å². The number of hydrogen-bond donors (Lipinski definition) is 0. The van der Waals surface area contributed by atoms with Crippen LogP contribution in [0.1, 0.15) is 45.4 Å². The van der Waals surface area contributed by atoms with Crippen molar-refractivity contribution in [3.63, 3.8) is 0 Å². The van der Waals surface area contributed by atoms with Crippen molar-refractivity contribution in [1.29, 1.82) is 0 Å². The summed E-state index contributed by atoms with van der Waals surface area (Å²) in [7, 11) is 0. The van der Waals surface area contributed by atoms with Gasteiger partial charge in [0.25, 0.3) is 0 Å². The first kappa shape index (κ1) is 6.69. The zero-order valence-corrected chi connectivity index (χ0v) is 6.97. The molecule has 58 valence electrons. The van der Waals surface area contributed by atoms with Crippen molar-refractivity contribution >= 4 is 0 Å². The van der Waals surface area contributed by atoms with E-state index in [0.717, 1.165) is 5.92 Å². The van der Waals surface area contributed by atoms with E-state index in [1.165, 1.54) is 24.7 Å². The molecule has 2 aliphatic rings. The van der Waals surface area contributed by atoms with Crippen LogP contribution in [0.2, 0.25) is 0 Å². The average Bonchev–Trinajstić information content (AvgIpc) is 1.92. The van der Waals surface area contributed by atoms with Crippen molar-refractivity contribution in [2.45, 2.75) is 45.4 Å². The summed E-state index contributed by atoms with van der Waals surface area (Å²) in [5, 5.41) is 0. The molecular formula is C10H18. The molecule has 0 amide bonds. The fourth-order valence-electron chi connectivity index (χ4n) is 2.69. The van der Waals surface area contributed by atoms with Gasteiger partial charge in [0.05, 0.1) is 0 Å². The Balaban J connectivity index is 1.86. The minimum absolute atomic E-state index is 1.10. The maximum atomic E-state index is 2.35. The summed E-state index contributed by atoms with van der Waals surface area (Å²) in [6.45, 7) is 2.35. The predicted octanol–water partition coefficient (Wildman–Crippen LogP) is 3.22. The van der Waals surface area contributed by atoms with Crippen LogP contribution in [-0.4, -0.2) is 0 Å². The topological polar surface area (TPSA) is 0 Å². The monoisotopic (exact) mass is 138 g/mol. The molecule has 0 aromatic carbocycles. The first-order valence-electron chi connectivity index (χ1n) is 4.90. The van der Waals surface area contributed by atoms with E-state index in [0.29, 0.717) is 0 Å². The molecule has 0 spiro atoms. The second-order valence-electron chi connectivity index (χ2n) is 4.18. The van der Waals surface area contributed by atoms with Crippen molar-refractivity contribution < 1.29 is 0 Å². The van der Waals surface area contributed by atoms with Crippen molar-refractivity contribution in [3.05, 3.63) is 0 Å². The normalized spacial score (nSPS) is 45.9. The highest BCUT2D eigenvalue weighted by atomic mass is 14.4. The van der Waals surface area contributed by atoms with Crippen LogP contribution in [0.15, 0.2) is 0 Å². The molecule has 0 radical (unpaired) electrons. The lowest BCUT2D eigenvalue weighted by Crippen LogP contribution is -2.32. The van der Waals surface area contributed by atoms with Gasteiger partial charge >= 0.3 is 0 Å². The Bertz CT molecular complexity index is 115. The van der Waals surface area contributed by atoms with Gasteiger partial charge < -0.3 is 0 Å².